The fourth-order valence-corrected chi connectivity index (χ4v) is 2.25. The van der Waals surface area contributed by atoms with Crippen LogP contribution in [0, 0.1) is 0 Å². The monoisotopic (exact) mass is 264 g/mol. The molecule has 0 saturated heterocycles. The highest BCUT2D eigenvalue weighted by atomic mass is 16.2. The number of hydrogen-bond donors (Lipinski definition) is 2. The standard InChI is InChI=1S/C14H24N4O/c1-4-17-13(19)10-18(5-2)14(11(3)15)12-6-8-16-9-7-12/h6-9,11,14H,4-5,10,15H2,1-3H3,(H,17,19). The van der Waals surface area contributed by atoms with E-state index in [0.717, 1.165) is 12.1 Å². The molecule has 0 spiro atoms. The second-order valence-electron chi connectivity index (χ2n) is 4.60. The molecule has 1 rings (SSSR count). The molecule has 1 aromatic rings. The van der Waals surface area contributed by atoms with Crippen LogP contribution in [0.1, 0.15) is 32.4 Å². The van der Waals surface area contributed by atoms with Crippen molar-refractivity contribution in [1.29, 1.82) is 0 Å². The summed E-state index contributed by atoms with van der Waals surface area (Å²) in [7, 11) is 0. The molecule has 1 aromatic heterocycles. The third-order valence-electron chi connectivity index (χ3n) is 3.07. The molecule has 0 aliphatic carbocycles. The van der Waals surface area contributed by atoms with Gasteiger partial charge in [0.2, 0.25) is 5.91 Å². The van der Waals surface area contributed by atoms with Crippen LogP contribution in [0.5, 0.6) is 0 Å². The molecule has 1 amide bonds. The van der Waals surface area contributed by atoms with E-state index in [1.54, 1.807) is 12.4 Å². The SMILES string of the molecule is CCNC(=O)CN(CC)C(c1ccncc1)C(C)N. The summed E-state index contributed by atoms with van der Waals surface area (Å²) in [5.74, 6) is 0.0315. The summed E-state index contributed by atoms with van der Waals surface area (Å²) in [5.41, 5.74) is 7.19. The number of amides is 1. The maximum Gasteiger partial charge on any atom is 0.234 e. The van der Waals surface area contributed by atoms with E-state index in [4.69, 9.17) is 5.73 Å². The molecule has 0 saturated carbocycles. The highest BCUT2D eigenvalue weighted by Gasteiger charge is 2.24. The molecule has 5 nitrogen and oxygen atoms in total. The largest absolute Gasteiger partial charge is 0.355 e. The van der Waals surface area contributed by atoms with E-state index in [9.17, 15) is 4.79 Å². The molecule has 0 fully saturated rings. The summed E-state index contributed by atoms with van der Waals surface area (Å²) in [6.07, 6.45) is 3.51. The molecule has 0 aliphatic rings. The van der Waals surface area contributed by atoms with Crippen LogP contribution in [0.15, 0.2) is 24.5 Å². The van der Waals surface area contributed by atoms with Gasteiger partial charge >= 0.3 is 0 Å². The van der Waals surface area contributed by atoms with Gasteiger partial charge in [-0.05, 0) is 38.1 Å². The van der Waals surface area contributed by atoms with Gasteiger partial charge in [0.1, 0.15) is 0 Å². The van der Waals surface area contributed by atoms with Crippen molar-refractivity contribution in [2.75, 3.05) is 19.6 Å². The topological polar surface area (TPSA) is 71.2 Å². The molecule has 3 N–H and O–H groups in total. The van der Waals surface area contributed by atoms with Gasteiger partial charge < -0.3 is 11.1 Å². The minimum Gasteiger partial charge on any atom is -0.355 e. The number of nitrogens with two attached hydrogens (primary N) is 1. The fourth-order valence-electron chi connectivity index (χ4n) is 2.25. The zero-order chi connectivity index (χ0) is 14.3. The zero-order valence-corrected chi connectivity index (χ0v) is 12.0. The van der Waals surface area contributed by atoms with Crippen LogP contribution < -0.4 is 11.1 Å². The van der Waals surface area contributed by atoms with Crippen LogP contribution in [0.3, 0.4) is 0 Å². The summed E-state index contributed by atoms with van der Waals surface area (Å²) in [5, 5.41) is 2.82. The average molecular weight is 264 g/mol. The van der Waals surface area contributed by atoms with E-state index in [-0.39, 0.29) is 18.0 Å². The Morgan fingerprint density at radius 3 is 2.53 bits per heavy atom. The molecule has 106 valence electrons. The number of carbonyl (C=O) groups excluding carboxylic acids is 1. The molecular weight excluding hydrogens is 240 g/mol. The number of pyridine rings is 1. The van der Waals surface area contributed by atoms with E-state index in [0.29, 0.717) is 13.1 Å². The number of nitrogens with one attached hydrogen (secondary N) is 1. The molecule has 1 heterocycles. The molecule has 19 heavy (non-hydrogen) atoms. The first-order valence-electron chi connectivity index (χ1n) is 6.76. The molecule has 0 aromatic carbocycles. The third-order valence-corrected chi connectivity index (χ3v) is 3.07. The lowest BCUT2D eigenvalue weighted by Crippen LogP contribution is -2.44. The predicted molar refractivity (Wildman–Crippen MR) is 76.6 cm³/mol. The maximum atomic E-state index is 11.8. The van der Waals surface area contributed by atoms with Crippen molar-refractivity contribution in [3.8, 4) is 0 Å². The number of aromatic nitrogens is 1. The highest BCUT2D eigenvalue weighted by Crippen LogP contribution is 2.22. The first-order chi connectivity index (χ1) is 9.10. The van der Waals surface area contributed by atoms with Crippen LogP contribution in [0.4, 0.5) is 0 Å². The molecule has 5 heteroatoms. The van der Waals surface area contributed by atoms with Crippen LogP contribution in [-0.2, 0) is 4.79 Å². The predicted octanol–water partition coefficient (Wildman–Crippen LogP) is 0.928. The van der Waals surface area contributed by atoms with Gasteiger partial charge in [-0.3, -0.25) is 14.7 Å². The Bertz CT molecular complexity index is 380. The van der Waals surface area contributed by atoms with Crippen molar-refractivity contribution in [2.45, 2.75) is 32.9 Å². The van der Waals surface area contributed by atoms with E-state index < -0.39 is 0 Å². The van der Waals surface area contributed by atoms with E-state index >= 15 is 0 Å². The lowest BCUT2D eigenvalue weighted by molar-refractivity contribution is -0.122. The molecule has 0 aliphatic heterocycles. The van der Waals surface area contributed by atoms with Gasteiger partial charge in [0.15, 0.2) is 0 Å². The number of likely N-dealkylation sites (N-methyl/N-ethyl adjacent to an activating group) is 2. The van der Waals surface area contributed by atoms with E-state index in [1.807, 2.05) is 32.9 Å². The van der Waals surface area contributed by atoms with Crippen molar-refractivity contribution in [3.05, 3.63) is 30.1 Å². The Balaban J connectivity index is 2.87. The van der Waals surface area contributed by atoms with Crippen molar-refractivity contribution < 1.29 is 4.79 Å². The highest BCUT2D eigenvalue weighted by molar-refractivity contribution is 5.78. The minimum atomic E-state index is -0.0585. The van der Waals surface area contributed by atoms with Crippen molar-refractivity contribution in [3.63, 3.8) is 0 Å². The summed E-state index contributed by atoms with van der Waals surface area (Å²) < 4.78 is 0. The smallest absolute Gasteiger partial charge is 0.234 e. The summed E-state index contributed by atoms with van der Waals surface area (Å²) >= 11 is 0. The lowest BCUT2D eigenvalue weighted by atomic mass is 10.0. The maximum absolute atomic E-state index is 11.8. The van der Waals surface area contributed by atoms with Crippen molar-refractivity contribution >= 4 is 5.91 Å². The molecule has 2 atom stereocenters. The van der Waals surface area contributed by atoms with E-state index in [1.165, 1.54) is 0 Å². The second-order valence-corrected chi connectivity index (χ2v) is 4.60. The quantitative estimate of drug-likeness (QED) is 0.768. The molecule has 2 unspecified atom stereocenters. The van der Waals surface area contributed by atoms with Gasteiger partial charge in [-0.25, -0.2) is 0 Å². The van der Waals surface area contributed by atoms with Crippen molar-refractivity contribution in [1.82, 2.24) is 15.2 Å². The number of nitrogens with zero attached hydrogens (tertiary/aromatic N) is 2. The zero-order valence-electron chi connectivity index (χ0n) is 12.0. The number of rotatable bonds is 7. The van der Waals surface area contributed by atoms with Gasteiger partial charge in [-0.15, -0.1) is 0 Å². The minimum absolute atomic E-state index is 0.0237. The Morgan fingerprint density at radius 1 is 1.42 bits per heavy atom. The Morgan fingerprint density at radius 2 is 2.05 bits per heavy atom. The van der Waals surface area contributed by atoms with Crippen LogP contribution in [-0.4, -0.2) is 41.5 Å². The lowest BCUT2D eigenvalue weighted by Gasteiger charge is -2.33. The normalized spacial score (nSPS) is 14.2. The van der Waals surface area contributed by atoms with Gasteiger partial charge in [-0.1, -0.05) is 6.92 Å². The summed E-state index contributed by atoms with van der Waals surface area (Å²) in [6, 6.07) is 3.87. The van der Waals surface area contributed by atoms with Gasteiger partial charge in [0.05, 0.1) is 12.6 Å². The van der Waals surface area contributed by atoms with Gasteiger partial charge in [-0.2, -0.15) is 0 Å². The first-order valence-corrected chi connectivity index (χ1v) is 6.76. The van der Waals surface area contributed by atoms with Crippen LogP contribution >= 0.6 is 0 Å². The average Bonchev–Trinajstić information content (AvgIpc) is 2.39. The number of hydrogen-bond acceptors (Lipinski definition) is 4. The second kappa shape index (κ2) is 7.86. The van der Waals surface area contributed by atoms with Crippen LogP contribution in [0.25, 0.3) is 0 Å². The van der Waals surface area contributed by atoms with Gasteiger partial charge in [0, 0.05) is 25.0 Å². The van der Waals surface area contributed by atoms with E-state index in [2.05, 4.69) is 15.2 Å². The Kier molecular flexibility index (Phi) is 6.45. The summed E-state index contributed by atoms with van der Waals surface area (Å²) in [6.45, 7) is 7.69. The third kappa shape index (κ3) is 4.61. The molecular formula is C14H24N4O. The van der Waals surface area contributed by atoms with Crippen LogP contribution in [0.2, 0.25) is 0 Å². The number of carbonyl (C=O) groups is 1. The Hall–Kier alpha value is -1.46. The fraction of sp³-hybridized carbons (Fsp3) is 0.571. The first kappa shape index (κ1) is 15.6. The van der Waals surface area contributed by atoms with Gasteiger partial charge in [0.25, 0.3) is 0 Å². The van der Waals surface area contributed by atoms with Crippen molar-refractivity contribution in [2.24, 2.45) is 5.73 Å². The summed E-state index contributed by atoms with van der Waals surface area (Å²) in [4.78, 5) is 17.9. The molecule has 0 radical (unpaired) electrons. The molecule has 0 bridgehead atoms. The Labute approximate surface area is 115 Å².